The Labute approximate surface area is 115 Å². The predicted octanol–water partition coefficient (Wildman–Crippen LogP) is 1.70. The average molecular weight is 266 g/mol. The standard InChI is InChI=1S/C15H26N2O2/c18-14(19)7-1-6-13-12-5-3-9-17-8-2-4-11(10-16-13)15(12)17/h11-13,15-16H,1-10H2,(H,18,19)/t11-,12-,13?,15+/m1/s1. The first-order valence-electron chi connectivity index (χ1n) is 7.95. The van der Waals surface area contributed by atoms with Crippen molar-refractivity contribution in [3.8, 4) is 0 Å². The summed E-state index contributed by atoms with van der Waals surface area (Å²) in [6.07, 6.45) is 7.58. The van der Waals surface area contributed by atoms with E-state index in [1.54, 1.807) is 0 Å². The summed E-state index contributed by atoms with van der Waals surface area (Å²) in [6.45, 7) is 3.73. The van der Waals surface area contributed by atoms with E-state index in [-0.39, 0.29) is 0 Å². The van der Waals surface area contributed by atoms with Crippen LogP contribution in [0.1, 0.15) is 44.9 Å². The first-order valence-corrected chi connectivity index (χ1v) is 7.95. The highest BCUT2D eigenvalue weighted by Crippen LogP contribution is 2.39. The largest absolute Gasteiger partial charge is 0.481 e. The van der Waals surface area contributed by atoms with Crippen LogP contribution < -0.4 is 5.32 Å². The highest BCUT2D eigenvalue weighted by atomic mass is 16.4. The van der Waals surface area contributed by atoms with Gasteiger partial charge in [0.1, 0.15) is 0 Å². The zero-order valence-electron chi connectivity index (χ0n) is 11.7. The van der Waals surface area contributed by atoms with E-state index in [0.717, 1.165) is 37.3 Å². The smallest absolute Gasteiger partial charge is 0.303 e. The van der Waals surface area contributed by atoms with Crippen LogP contribution in [0.2, 0.25) is 0 Å². The molecule has 3 fully saturated rings. The molecule has 4 nitrogen and oxygen atoms in total. The van der Waals surface area contributed by atoms with E-state index < -0.39 is 5.97 Å². The predicted molar refractivity (Wildman–Crippen MR) is 74.1 cm³/mol. The Morgan fingerprint density at radius 2 is 2.05 bits per heavy atom. The normalized spacial score (nSPS) is 38.7. The Bertz CT molecular complexity index is 325. The summed E-state index contributed by atoms with van der Waals surface area (Å²) >= 11 is 0. The zero-order chi connectivity index (χ0) is 13.2. The van der Waals surface area contributed by atoms with Gasteiger partial charge < -0.3 is 10.4 Å². The third-order valence-corrected chi connectivity index (χ3v) is 5.41. The molecule has 0 aromatic heterocycles. The molecule has 0 amide bonds. The SMILES string of the molecule is O=C(O)CCCC1NC[C@H]2CCCN3CCC[C@H]1[C@H]23. The lowest BCUT2D eigenvalue weighted by atomic mass is 9.70. The van der Waals surface area contributed by atoms with Crippen molar-refractivity contribution >= 4 is 5.97 Å². The third kappa shape index (κ3) is 2.79. The van der Waals surface area contributed by atoms with Gasteiger partial charge in [-0.25, -0.2) is 0 Å². The van der Waals surface area contributed by atoms with Gasteiger partial charge in [0.15, 0.2) is 0 Å². The van der Waals surface area contributed by atoms with Gasteiger partial charge in [0.05, 0.1) is 0 Å². The second-order valence-electron chi connectivity index (χ2n) is 6.54. The van der Waals surface area contributed by atoms with E-state index in [2.05, 4.69) is 10.2 Å². The maximum Gasteiger partial charge on any atom is 0.303 e. The number of nitrogens with one attached hydrogen (secondary N) is 1. The van der Waals surface area contributed by atoms with Crippen molar-refractivity contribution in [3.05, 3.63) is 0 Å². The molecule has 4 atom stereocenters. The van der Waals surface area contributed by atoms with Gasteiger partial charge in [0, 0.05) is 18.5 Å². The summed E-state index contributed by atoms with van der Waals surface area (Å²) in [7, 11) is 0. The van der Waals surface area contributed by atoms with Crippen molar-refractivity contribution in [3.63, 3.8) is 0 Å². The number of piperidine rings is 3. The van der Waals surface area contributed by atoms with E-state index in [1.807, 2.05) is 0 Å². The first-order chi connectivity index (χ1) is 9.25. The van der Waals surface area contributed by atoms with Crippen LogP contribution >= 0.6 is 0 Å². The maximum atomic E-state index is 10.7. The minimum Gasteiger partial charge on any atom is -0.481 e. The number of carbonyl (C=O) groups is 1. The molecule has 4 heteroatoms. The lowest BCUT2D eigenvalue weighted by Gasteiger charge is -2.54. The van der Waals surface area contributed by atoms with Gasteiger partial charge in [-0.2, -0.15) is 0 Å². The fraction of sp³-hybridized carbons (Fsp3) is 0.933. The molecule has 3 rings (SSSR count). The Hall–Kier alpha value is -0.610. The molecule has 3 aliphatic heterocycles. The average Bonchev–Trinajstić information content (AvgIpc) is 2.41. The van der Waals surface area contributed by atoms with Gasteiger partial charge in [-0.3, -0.25) is 9.69 Å². The van der Waals surface area contributed by atoms with E-state index in [9.17, 15) is 4.79 Å². The van der Waals surface area contributed by atoms with Gasteiger partial charge in [-0.15, -0.1) is 0 Å². The van der Waals surface area contributed by atoms with Gasteiger partial charge in [0.2, 0.25) is 0 Å². The molecule has 19 heavy (non-hydrogen) atoms. The molecule has 2 N–H and O–H groups in total. The molecule has 0 spiro atoms. The molecule has 3 saturated heterocycles. The van der Waals surface area contributed by atoms with Crippen LogP contribution in [-0.2, 0) is 4.79 Å². The molecular formula is C15H26N2O2. The summed E-state index contributed by atoms with van der Waals surface area (Å²) in [6, 6.07) is 1.35. The van der Waals surface area contributed by atoms with Gasteiger partial charge >= 0.3 is 5.97 Å². The van der Waals surface area contributed by atoms with Crippen molar-refractivity contribution in [2.45, 2.75) is 57.0 Å². The van der Waals surface area contributed by atoms with Crippen LogP contribution in [-0.4, -0.2) is 47.7 Å². The van der Waals surface area contributed by atoms with E-state index in [1.165, 1.54) is 38.8 Å². The Morgan fingerprint density at radius 1 is 1.26 bits per heavy atom. The number of carboxylic acids is 1. The van der Waals surface area contributed by atoms with Crippen LogP contribution in [0.15, 0.2) is 0 Å². The quantitative estimate of drug-likeness (QED) is 0.813. The Morgan fingerprint density at radius 3 is 2.84 bits per heavy atom. The highest BCUT2D eigenvalue weighted by Gasteiger charge is 2.45. The monoisotopic (exact) mass is 266 g/mol. The summed E-state index contributed by atoms with van der Waals surface area (Å²) in [4.78, 5) is 13.4. The molecule has 0 aromatic carbocycles. The fourth-order valence-electron chi connectivity index (χ4n) is 4.66. The molecule has 0 aromatic rings. The van der Waals surface area contributed by atoms with Crippen molar-refractivity contribution in [2.24, 2.45) is 11.8 Å². The van der Waals surface area contributed by atoms with Crippen molar-refractivity contribution < 1.29 is 9.90 Å². The second kappa shape index (κ2) is 5.80. The topological polar surface area (TPSA) is 52.6 Å². The molecule has 3 heterocycles. The van der Waals surface area contributed by atoms with E-state index in [0.29, 0.717) is 12.5 Å². The zero-order valence-corrected chi connectivity index (χ0v) is 11.7. The first kappa shape index (κ1) is 13.4. The number of rotatable bonds is 4. The van der Waals surface area contributed by atoms with Crippen molar-refractivity contribution in [2.75, 3.05) is 19.6 Å². The lowest BCUT2D eigenvalue weighted by Crippen LogP contribution is -2.63. The minimum absolute atomic E-state index is 0.322. The molecule has 3 aliphatic rings. The highest BCUT2D eigenvalue weighted by molar-refractivity contribution is 5.66. The third-order valence-electron chi connectivity index (χ3n) is 5.41. The van der Waals surface area contributed by atoms with Gasteiger partial charge in [-0.05, 0) is 70.0 Å². The maximum absolute atomic E-state index is 10.7. The van der Waals surface area contributed by atoms with Gasteiger partial charge in [0.25, 0.3) is 0 Å². The van der Waals surface area contributed by atoms with Crippen molar-refractivity contribution in [1.82, 2.24) is 10.2 Å². The number of hydrogen-bond acceptors (Lipinski definition) is 3. The number of nitrogens with zero attached hydrogens (tertiary/aromatic N) is 1. The van der Waals surface area contributed by atoms with Crippen LogP contribution in [0.5, 0.6) is 0 Å². The van der Waals surface area contributed by atoms with Crippen LogP contribution in [0.25, 0.3) is 0 Å². The number of aliphatic carboxylic acids is 1. The Balaban J connectivity index is 1.62. The van der Waals surface area contributed by atoms with Crippen LogP contribution in [0.3, 0.4) is 0 Å². The minimum atomic E-state index is -0.656. The molecular weight excluding hydrogens is 240 g/mol. The summed E-state index contributed by atoms with van der Waals surface area (Å²) in [5, 5.41) is 12.5. The van der Waals surface area contributed by atoms with Gasteiger partial charge in [-0.1, -0.05) is 0 Å². The van der Waals surface area contributed by atoms with E-state index in [4.69, 9.17) is 5.11 Å². The molecule has 0 aliphatic carbocycles. The van der Waals surface area contributed by atoms with Crippen molar-refractivity contribution in [1.29, 1.82) is 0 Å². The summed E-state index contributed by atoms with van der Waals surface area (Å²) in [5.41, 5.74) is 0. The van der Waals surface area contributed by atoms with Crippen LogP contribution in [0.4, 0.5) is 0 Å². The Kier molecular flexibility index (Phi) is 4.08. The number of hydrogen-bond donors (Lipinski definition) is 2. The molecule has 0 saturated carbocycles. The molecule has 0 bridgehead atoms. The molecule has 108 valence electrons. The summed E-state index contributed by atoms with van der Waals surface area (Å²) in [5.74, 6) is 0.952. The molecule has 1 unspecified atom stereocenters. The second-order valence-corrected chi connectivity index (χ2v) is 6.54. The van der Waals surface area contributed by atoms with E-state index >= 15 is 0 Å². The lowest BCUT2D eigenvalue weighted by molar-refractivity contribution is -0.137. The molecule has 0 radical (unpaired) electrons. The van der Waals surface area contributed by atoms with Crippen LogP contribution in [0, 0.1) is 11.8 Å². The fourth-order valence-corrected chi connectivity index (χ4v) is 4.66. The summed E-state index contributed by atoms with van der Waals surface area (Å²) < 4.78 is 0. The number of carboxylic acid groups (broad SMARTS) is 1.